The van der Waals surface area contributed by atoms with Gasteiger partial charge in [0, 0.05) is 0 Å². The quantitative estimate of drug-likeness (QED) is 0.866. The predicted molar refractivity (Wildman–Crippen MR) is 66.9 cm³/mol. The molecule has 0 fully saturated rings. The summed E-state index contributed by atoms with van der Waals surface area (Å²) in [5.74, 6) is -0.234. The summed E-state index contributed by atoms with van der Waals surface area (Å²) in [4.78, 5) is 14.9. The summed E-state index contributed by atoms with van der Waals surface area (Å²) in [6, 6.07) is 8.58. The molecule has 0 saturated carbocycles. The lowest BCUT2D eigenvalue weighted by Gasteiger charge is -2.09. The monoisotopic (exact) mass is 244 g/mol. The van der Waals surface area contributed by atoms with Crippen LogP contribution in [0, 0.1) is 6.92 Å². The molecule has 0 atom stereocenters. The summed E-state index contributed by atoms with van der Waals surface area (Å²) in [6.45, 7) is 1.92. The van der Waals surface area contributed by atoms with Crippen LogP contribution in [0.5, 0.6) is 11.5 Å². The fraction of sp³-hybridized carbons (Fsp3) is 0.0769. The number of aromatic nitrogens is 1. The molecule has 0 unspecified atom stereocenters. The van der Waals surface area contributed by atoms with Gasteiger partial charge < -0.3 is 15.6 Å². The number of aromatic carboxylic acids is 1. The Morgan fingerprint density at radius 1 is 1.39 bits per heavy atom. The maximum Gasteiger partial charge on any atom is 0.339 e. The number of pyridine rings is 1. The molecular formula is C13H12N2O3. The molecule has 2 aromatic rings. The molecule has 3 N–H and O–H groups in total. The summed E-state index contributed by atoms with van der Waals surface area (Å²) < 4.78 is 5.51. The number of anilines is 1. The molecule has 1 heterocycles. The van der Waals surface area contributed by atoms with Crippen molar-refractivity contribution >= 4 is 11.8 Å². The normalized spacial score (nSPS) is 10.1. The molecule has 92 valence electrons. The van der Waals surface area contributed by atoms with Crippen molar-refractivity contribution in [3.63, 3.8) is 0 Å². The number of carbonyl (C=O) groups is 1. The maximum atomic E-state index is 11.1. The molecule has 0 amide bonds. The van der Waals surface area contributed by atoms with Gasteiger partial charge in [-0.3, -0.25) is 0 Å². The van der Waals surface area contributed by atoms with Crippen molar-refractivity contribution in [2.24, 2.45) is 0 Å². The van der Waals surface area contributed by atoms with Gasteiger partial charge in [0.05, 0.1) is 6.20 Å². The molecule has 18 heavy (non-hydrogen) atoms. The van der Waals surface area contributed by atoms with E-state index in [2.05, 4.69) is 4.98 Å². The van der Waals surface area contributed by atoms with Gasteiger partial charge in [-0.25, -0.2) is 9.78 Å². The van der Waals surface area contributed by atoms with Gasteiger partial charge in [0.15, 0.2) is 5.75 Å². The van der Waals surface area contributed by atoms with Crippen molar-refractivity contribution in [1.29, 1.82) is 0 Å². The Hall–Kier alpha value is -2.56. The third-order valence-electron chi connectivity index (χ3n) is 2.34. The van der Waals surface area contributed by atoms with E-state index in [4.69, 9.17) is 15.6 Å². The van der Waals surface area contributed by atoms with Crippen LogP contribution < -0.4 is 10.5 Å². The van der Waals surface area contributed by atoms with Gasteiger partial charge in [0.25, 0.3) is 0 Å². The van der Waals surface area contributed by atoms with Crippen LogP contribution >= 0.6 is 0 Å². The van der Waals surface area contributed by atoms with Gasteiger partial charge in [-0.2, -0.15) is 0 Å². The summed E-state index contributed by atoms with van der Waals surface area (Å²) in [5, 5.41) is 9.06. The number of carboxylic acids is 1. The van der Waals surface area contributed by atoms with E-state index in [0.29, 0.717) is 5.75 Å². The summed E-state index contributed by atoms with van der Waals surface area (Å²) >= 11 is 0. The fourth-order valence-corrected chi connectivity index (χ4v) is 1.51. The lowest BCUT2D eigenvalue weighted by molar-refractivity contribution is 0.0694. The molecule has 0 saturated heterocycles. The summed E-state index contributed by atoms with van der Waals surface area (Å²) in [6.07, 6.45) is 1.31. The van der Waals surface area contributed by atoms with Gasteiger partial charge in [-0.05, 0) is 30.7 Å². The molecule has 0 aliphatic heterocycles. The highest BCUT2D eigenvalue weighted by Gasteiger charge is 2.13. The summed E-state index contributed by atoms with van der Waals surface area (Å²) in [7, 11) is 0. The Labute approximate surface area is 104 Å². The summed E-state index contributed by atoms with van der Waals surface area (Å²) in [5.41, 5.74) is 6.46. The van der Waals surface area contributed by atoms with Gasteiger partial charge in [0.1, 0.15) is 17.1 Å². The number of aryl methyl sites for hydroxylation is 1. The lowest BCUT2D eigenvalue weighted by Crippen LogP contribution is -2.03. The molecule has 5 nitrogen and oxygen atoms in total. The van der Waals surface area contributed by atoms with Crippen molar-refractivity contribution in [3.05, 3.63) is 47.7 Å². The van der Waals surface area contributed by atoms with Crippen molar-refractivity contribution in [2.75, 3.05) is 5.73 Å². The Balaban J connectivity index is 2.37. The SMILES string of the molecule is Cc1cccc(Oc2cnc(N)cc2C(=O)O)c1. The highest BCUT2D eigenvalue weighted by atomic mass is 16.5. The zero-order valence-electron chi connectivity index (χ0n) is 9.75. The zero-order chi connectivity index (χ0) is 13.1. The Kier molecular flexibility index (Phi) is 3.14. The van der Waals surface area contributed by atoms with E-state index in [-0.39, 0.29) is 17.1 Å². The van der Waals surface area contributed by atoms with E-state index < -0.39 is 5.97 Å². The average Bonchev–Trinajstić information content (AvgIpc) is 2.31. The highest BCUT2D eigenvalue weighted by molar-refractivity contribution is 5.91. The van der Waals surface area contributed by atoms with Gasteiger partial charge in [-0.1, -0.05) is 12.1 Å². The fourth-order valence-electron chi connectivity index (χ4n) is 1.51. The van der Waals surface area contributed by atoms with Crippen LogP contribution in [0.2, 0.25) is 0 Å². The first-order valence-corrected chi connectivity index (χ1v) is 5.29. The number of benzene rings is 1. The first-order chi connectivity index (χ1) is 8.56. The zero-order valence-corrected chi connectivity index (χ0v) is 9.75. The van der Waals surface area contributed by atoms with Crippen LogP contribution in [0.15, 0.2) is 36.5 Å². The number of rotatable bonds is 3. The van der Waals surface area contributed by atoms with Crippen molar-refractivity contribution in [1.82, 2.24) is 4.98 Å². The van der Waals surface area contributed by atoms with Crippen LogP contribution in [-0.2, 0) is 0 Å². The second-order valence-corrected chi connectivity index (χ2v) is 3.83. The minimum atomic E-state index is -1.10. The standard InChI is InChI=1S/C13H12N2O3/c1-8-3-2-4-9(5-8)18-11-7-15-12(14)6-10(11)13(16)17/h2-7H,1H3,(H2,14,15)(H,16,17). The third-order valence-corrected chi connectivity index (χ3v) is 2.34. The largest absolute Gasteiger partial charge is 0.478 e. The number of ether oxygens (including phenoxy) is 1. The molecule has 0 radical (unpaired) electrons. The van der Waals surface area contributed by atoms with Crippen molar-refractivity contribution in [3.8, 4) is 11.5 Å². The van der Waals surface area contributed by atoms with E-state index in [1.54, 1.807) is 6.07 Å². The number of nitrogens with zero attached hydrogens (tertiary/aromatic N) is 1. The van der Waals surface area contributed by atoms with Crippen molar-refractivity contribution < 1.29 is 14.6 Å². The van der Waals surface area contributed by atoms with Gasteiger partial charge >= 0.3 is 5.97 Å². The number of hydrogen-bond donors (Lipinski definition) is 2. The second kappa shape index (κ2) is 4.75. The Bertz CT molecular complexity index is 597. The average molecular weight is 244 g/mol. The van der Waals surface area contributed by atoms with E-state index >= 15 is 0 Å². The molecule has 2 rings (SSSR count). The molecule has 0 bridgehead atoms. The minimum absolute atomic E-state index is 0.0102. The molecule has 0 aliphatic rings. The lowest BCUT2D eigenvalue weighted by atomic mass is 10.2. The van der Waals surface area contributed by atoms with Crippen LogP contribution in [0.4, 0.5) is 5.82 Å². The number of nitrogens with two attached hydrogens (primary N) is 1. The topological polar surface area (TPSA) is 85.4 Å². The molecule has 0 spiro atoms. The Morgan fingerprint density at radius 3 is 2.83 bits per heavy atom. The van der Waals surface area contributed by atoms with Crippen LogP contribution in [0.3, 0.4) is 0 Å². The number of nitrogen functional groups attached to an aromatic ring is 1. The van der Waals surface area contributed by atoms with E-state index in [9.17, 15) is 4.79 Å². The molecule has 0 aliphatic carbocycles. The van der Waals surface area contributed by atoms with Crippen LogP contribution in [0.25, 0.3) is 0 Å². The predicted octanol–water partition coefficient (Wildman–Crippen LogP) is 2.46. The first kappa shape index (κ1) is 11.9. The molecule has 1 aromatic carbocycles. The van der Waals surface area contributed by atoms with Crippen LogP contribution in [-0.4, -0.2) is 16.1 Å². The molecule has 5 heteroatoms. The van der Waals surface area contributed by atoms with E-state index in [1.165, 1.54) is 12.3 Å². The maximum absolute atomic E-state index is 11.1. The van der Waals surface area contributed by atoms with Gasteiger partial charge in [-0.15, -0.1) is 0 Å². The molecular weight excluding hydrogens is 232 g/mol. The van der Waals surface area contributed by atoms with Crippen molar-refractivity contribution in [2.45, 2.75) is 6.92 Å². The molecule has 1 aromatic heterocycles. The van der Waals surface area contributed by atoms with Gasteiger partial charge in [0.2, 0.25) is 0 Å². The number of hydrogen-bond acceptors (Lipinski definition) is 4. The number of carboxylic acid groups (broad SMARTS) is 1. The minimum Gasteiger partial charge on any atom is -0.478 e. The van der Waals surface area contributed by atoms with E-state index in [1.807, 2.05) is 25.1 Å². The highest BCUT2D eigenvalue weighted by Crippen LogP contribution is 2.26. The van der Waals surface area contributed by atoms with E-state index in [0.717, 1.165) is 5.56 Å². The van der Waals surface area contributed by atoms with Crippen LogP contribution in [0.1, 0.15) is 15.9 Å². The smallest absolute Gasteiger partial charge is 0.339 e. The first-order valence-electron chi connectivity index (χ1n) is 5.29. The second-order valence-electron chi connectivity index (χ2n) is 3.83. The third kappa shape index (κ3) is 2.57. The Morgan fingerprint density at radius 2 is 2.17 bits per heavy atom.